The maximum absolute atomic E-state index is 2.43. The van der Waals surface area contributed by atoms with E-state index in [2.05, 4.69) is 48.6 Å². The fourth-order valence-electron chi connectivity index (χ4n) is 0.450. The molecule has 8 heavy (non-hydrogen) atoms. The summed E-state index contributed by atoms with van der Waals surface area (Å²) in [5.41, 5.74) is 0. The van der Waals surface area contributed by atoms with Gasteiger partial charge in [-0.3, -0.25) is 0 Å². The van der Waals surface area contributed by atoms with E-state index in [0.29, 0.717) is 0 Å². The smallest absolute Gasteiger partial charge is 0.0116 e. The Kier molecular flexibility index (Phi) is 5.93. The van der Waals surface area contributed by atoms with Crippen LogP contribution < -0.4 is 0 Å². The minimum atomic E-state index is 0.787. The monoisotopic (exact) mass is 224 g/mol. The minimum absolute atomic E-state index is 0.787. The first-order valence-corrected chi connectivity index (χ1v) is 4.31. The second kappa shape index (κ2) is 5.60. The normalized spacial score (nSPS) is 14.9. The lowest BCUT2D eigenvalue weighted by Gasteiger charge is -1.92. The Morgan fingerprint density at radius 3 is 2.50 bits per heavy atom. The number of halogens is 1. The van der Waals surface area contributed by atoms with Gasteiger partial charge in [0.05, 0.1) is 0 Å². The van der Waals surface area contributed by atoms with Gasteiger partial charge in [0.2, 0.25) is 0 Å². The largest absolute Gasteiger partial charge is 0.0888 e. The minimum Gasteiger partial charge on any atom is -0.0888 e. The highest BCUT2D eigenvalue weighted by Crippen LogP contribution is 2.04. The van der Waals surface area contributed by atoms with E-state index in [-0.39, 0.29) is 0 Å². The summed E-state index contributed by atoms with van der Waals surface area (Å²) >= 11 is 2.43. The van der Waals surface area contributed by atoms with Crippen molar-refractivity contribution in [1.82, 2.24) is 0 Å². The summed E-state index contributed by atoms with van der Waals surface area (Å²) in [4.78, 5) is 0. The Labute approximate surface area is 65.5 Å². The molecule has 0 spiro atoms. The highest BCUT2D eigenvalue weighted by molar-refractivity contribution is 14.1. The van der Waals surface area contributed by atoms with Crippen LogP contribution in [0.4, 0.5) is 0 Å². The Hall–Kier alpha value is 0.470. The first-order chi connectivity index (χ1) is 3.77. The molecule has 0 rings (SSSR count). The SMILES string of the molecule is CC/C=C\CC(C)I. The van der Waals surface area contributed by atoms with Crippen LogP contribution in [0.25, 0.3) is 0 Å². The molecule has 0 aliphatic rings. The molecule has 0 bridgehead atoms. The lowest BCUT2D eigenvalue weighted by Crippen LogP contribution is -1.82. The van der Waals surface area contributed by atoms with E-state index in [1.807, 2.05) is 0 Å². The molecule has 0 heterocycles. The number of hydrogen-bond acceptors (Lipinski definition) is 0. The van der Waals surface area contributed by atoms with Crippen LogP contribution in [-0.4, -0.2) is 3.92 Å². The summed E-state index contributed by atoms with van der Waals surface area (Å²) in [6.45, 7) is 4.38. The van der Waals surface area contributed by atoms with Crippen LogP contribution in [0.15, 0.2) is 12.2 Å². The van der Waals surface area contributed by atoms with Crippen LogP contribution >= 0.6 is 22.6 Å². The Balaban J connectivity index is 3.03. The van der Waals surface area contributed by atoms with Crippen molar-refractivity contribution in [3.05, 3.63) is 12.2 Å². The van der Waals surface area contributed by atoms with Crippen molar-refractivity contribution >= 4 is 22.6 Å². The van der Waals surface area contributed by atoms with Crippen molar-refractivity contribution in [1.29, 1.82) is 0 Å². The van der Waals surface area contributed by atoms with Gasteiger partial charge in [0.25, 0.3) is 0 Å². The molecule has 0 fully saturated rings. The van der Waals surface area contributed by atoms with E-state index in [1.165, 1.54) is 12.8 Å². The van der Waals surface area contributed by atoms with E-state index >= 15 is 0 Å². The van der Waals surface area contributed by atoms with Gasteiger partial charge in [0, 0.05) is 3.92 Å². The van der Waals surface area contributed by atoms with Gasteiger partial charge in [-0.25, -0.2) is 0 Å². The van der Waals surface area contributed by atoms with Gasteiger partial charge in [0.15, 0.2) is 0 Å². The van der Waals surface area contributed by atoms with Crippen molar-refractivity contribution in [2.24, 2.45) is 0 Å². The van der Waals surface area contributed by atoms with Crippen molar-refractivity contribution in [2.75, 3.05) is 0 Å². The molecule has 0 nitrogen and oxygen atoms in total. The molecule has 0 aliphatic heterocycles. The summed E-state index contributed by atoms with van der Waals surface area (Å²) in [6, 6.07) is 0. The third-order valence-electron chi connectivity index (χ3n) is 0.863. The molecule has 1 atom stereocenters. The van der Waals surface area contributed by atoms with Gasteiger partial charge in [-0.1, -0.05) is 48.6 Å². The second-order valence-corrected chi connectivity index (χ2v) is 4.02. The topological polar surface area (TPSA) is 0 Å². The Morgan fingerprint density at radius 2 is 2.12 bits per heavy atom. The van der Waals surface area contributed by atoms with Gasteiger partial charge < -0.3 is 0 Å². The lowest BCUT2D eigenvalue weighted by atomic mass is 10.3. The number of allylic oxidation sites excluding steroid dienone is 2. The molecular weight excluding hydrogens is 211 g/mol. The summed E-state index contributed by atoms with van der Waals surface area (Å²) in [5, 5.41) is 0. The average Bonchev–Trinajstić information content (AvgIpc) is 1.66. The lowest BCUT2D eigenvalue weighted by molar-refractivity contribution is 1.01. The maximum atomic E-state index is 2.43. The van der Waals surface area contributed by atoms with Gasteiger partial charge in [0.1, 0.15) is 0 Å². The zero-order valence-electron chi connectivity index (χ0n) is 5.52. The highest BCUT2D eigenvalue weighted by atomic mass is 127. The zero-order chi connectivity index (χ0) is 6.41. The highest BCUT2D eigenvalue weighted by Gasteiger charge is 1.86. The van der Waals surface area contributed by atoms with Crippen molar-refractivity contribution in [3.63, 3.8) is 0 Å². The fraction of sp³-hybridized carbons (Fsp3) is 0.714. The first-order valence-electron chi connectivity index (χ1n) is 3.06. The van der Waals surface area contributed by atoms with Crippen LogP contribution in [0.1, 0.15) is 26.7 Å². The molecule has 0 saturated heterocycles. The van der Waals surface area contributed by atoms with E-state index in [1.54, 1.807) is 0 Å². The van der Waals surface area contributed by atoms with Crippen LogP contribution in [0.5, 0.6) is 0 Å². The van der Waals surface area contributed by atoms with E-state index in [9.17, 15) is 0 Å². The average molecular weight is 224 g/mol. The van der Waals surface area contributed by atoms with Gasteiger partial charge in [-0.2, -0.15) is 0 Å². The third kappa shape index (κ3) is 6.47. The van der Waals surface area contributed by atoms with Crippen LogP contribution in [-0.2, 0) is 0 Å². The standard InChI is InChI=1S/C7H13I/c1-3-4-5-6-7(2)8/h4-5,7H,3,6H2,1-2H3/b5-4-. The van der Waals surface area contributed by atoms with E-state index in [4.69, 9.17) is 0 Å². The predicted octanol–water partition coefficient (Wildman–Crippen LogP) is 3.17. The Bertz CT molecular complexity index is 64.8. The van der Waals surface area contributed by atoms with Crippen LogP contribution in [0, 0.1) is 0 Å². The molecular formula is C7H13I. The quantitative estimate of drug-likeness (QED) is 0.392. The predicted molar refractivity (Wildman–Crippen MR) is 47.5 cm³/mol. The van der Waals surface area contributed by atoms with Gasteiger partial charge >= 0.3 is 0 Å². The van der Waals surface area contributed by atoms with E-state index in [0.717, 1.165) is 3.92 Å². The van der Waals surface area contributed by atoms with Gasteiger partial charge in [-0.05, 0) is 12.8 Å². The third-order valence-corrected chi connectivity index (χ3v) is 1.37. The van der Waals surface area contributed by atoms with E-state index < -0.39 is 0 Å². The molecule has 0 radical (unpaired) electrons. The van der Waals surface area contributed by atoms with Crippen molar-refractivity contribution < 1.29 is 0 Å². The summed E-state index contributed by atoms with van der Waals surface area (Å²) < 4.78 is 0.787. The summed E-state index contributed by atoms with van der Waals surface area (Å²) in [7, 11) is 0. The molecule has 0 N–H and O–H groups in total. The number of hydrogen-bond donors (Lipinski definition) is 0. The van der Waals surface area contributed by atoms with Gasteiger partial charge in [-0.15, -0.1) is 0 Å². The summed E-state index contributed by atoms with van der Waals surface area (Å²) in [5.74, 6) is 0. The van der Waals surface area contributed by atoms with Crippen LogP contribution in [0.2, 0.25) is 0 Å². The number of alkyl halides is 1. The molecule has 0 amide bonds. The molecule has 0 aliphatic carbocycles. The van der Waals surface area contributed by atoms with Crippen molar-refractivity contribution in [2.45, 2.75) is 30.6 Å². The molecule has 0 saturated carbocycles. The first kappa shape index (κ1) is 8.47. The summed E-state index contributed by atoms with van der Waals surface area (Å²) in [6.07, 6.45) is 6.85. The molecule has 48 valence electrons. The molecule has 0 aromatic carbocycles. The fourth-order valence-corrected chi connectivity index (χ4v) is 0.744. The number of rotatable bonds is 3. The second-order valence-electron chi connectivity index (χ2n) is 1.90. The van der Waals surface area contributed by atoms with Crippen LogP contribution in [0.3, 0.4) is 0 Å². The van der Waals surface area contributed by atoms with Crippen molar-refractivity contribution in [3.8, 4) is 0 Å². The molecule has 0 aromatic heterocycles. The molecule has 0 aromatic rings. The zero-order valence-corrected chi connectivity index (χ0v) is 7.68. The molecule has 1 unspecified atom stereocenters. The molecule has 1 heteroatoms. The maximum Gasteiger partial charge on any atom is 0.0116 e. The Morgan fingerprint density at radius 1 is 1.50 bits per heavy atom.